The van der Waals surface area contributed by atoms with E-state index in [0.717, 1.165) is 50.7 Å². The van der Waals surface area contributed by atoms with Gasteiger partial charge >= 0.3 is 6.03 Å². The van der Waals surface area contributed by atoms with Crippen molar-refractivity contribution >= 4 is 28.7 Å². The number of hydrogen-bond acceptors (Lipinski definition) is 7. The topological polar surface area (TPSA) is 91.2 Å². The van der Waals surface area contributed by atoms with Crippen LogP contribution in [-0.4, -0.2) is 78.9 Å². The molecule has 0 radical (unpaired) electrons. The average molecular weight is 442 g/mol. The van der Waals surface area contributed by atoms with Crippen LogP contribution in [0.15, 0.2) is 22.7 Å². The third kappa shape index (κ3) is 4.51. The number of carbonyl (C=O) groups excluding carboxylic acids is 2. The standard InChI is InChI=1S/C23H31N5O4/c1-16-13-26(8-9-27(16)15-17-5-10-31-11-6-17)14-18-2-3-20-19(12-18)22(25-32-20)28-7-4-21(29)24-23(28)30/h2-3,12,16-17H,4-11,13-15H2,1H3,(H,24,29,30)/t16-/m0/s1. The lowest BCUT2D eigenvalue weighted by atomic mass is 9.98. The second kappa shape index (κ2) is 9.17. The molecule has 5 rings (SSSR count). The number of benzene rings is 1. The number of fused-ring (bicyclic) bond motifs is 1. The maximum absolute atomic E-state index is 12.3. The van der Waals surface area contributed by atoms with E-state index in [1.54, 1.807) is 0 Å². The molecule has 3 saturated heterocycles. The Hall–Kier alpha value is -2.49. The van der Waals surface area contributed by atoms with E-state index in [2.05, 4.69) is 39.3 Å². The van der Waals surface area contributed by atoms with E-state index < -0.39 is 6.03 Å². The smallest absolute Gasteiger partial charge is 0.329 e. The first-order valence-electron chi connectivity index (χ1n) is 11.6. The van der Waals surface area contributed by atoms with E-state index in [1.807, 2.05) is 6.07 Å². The fourth-order valence-electron chi connectivity index (χ4n) is 5.04. The van der Waals surface area contributed by atoms with Crippen LogP contribution in [0, 0.1) is 5.92 Å². The summed E-state index contributed by atoms with van der Waals surface area (Å²) in [5.41, 5.74) is 1.81. The molecule has 9 nitrogen and oxygen atoms in total. The molecule has 3 amide bonds. The van der Waals surface area contributed by atoms with Crippen LogP contribution in [0.4, 0.5) is 10.6 Å². The molecule has 0 spiro atoms. The Morgan fingerprint density at radius 2 is 2.00 bits per heavy atom. The summed E-state index contributed by atoms with van der Waals surface area (Å²) in [6.07, 6.45) is 2.62. The molecule has 0 bridgehead atoms. The molecule has 2 aromatic rings. The number of nitrogens with one attached hydrogen (secondary N) is 1. The number of aromatic nitrogens is 1. The van der Waals surface area contributed by atoms with Crippen molar-refractivity contribution in [3.8, 4) is 0 Å². The number of hydrogen-bond donors (Lipinski definition) is 1. The molecule has 3 aliphatic rings. The van der Waals surface area contributed by atoms with Gasteiger partial charge in [0.25, 0.3) is 0 Å². The Balaban J connectivity index is 1.24. The Bertz CT molecular complexity index is 986. The molecular formula is C23H31N5O4. The number of nitrogens with zero attached hydrogens (tertiary/aromatic N) is 4. The highest BCUT2D eigenvalue weighted by atomic mass is 16.5. The first-order chi connectivity index (χ1) is 15.6. The third-order valence-corrected chi connectivity index (χ3v) is 6.91. The van der Waals surface area contributed by atoms with E-state index >= 15 is 0 Å². The highest BCUT2D eigenvalue weighted by Crippen LogP contribution is 2.29. The third-order valence-electron chi connectivity index (χ3n) is 6.91. The number of rotatable bonds is 5. The maximum Gasteiger partial charge on any atom is 0.329 e. The SMILES string of the molecule is C[C@H]1CN(Cc2ccc3onc(N4CCC(=O)NC4=O)c3c2)CCN1CC1CCOCC1. The summed E-state index contributed by atoms with van der Waals surface area (Å²) in [4.78, 5) is 30.3. The summed E-state index contributed by atoms with van der Waals surface area (Å²) < 4.78 is 10.9. The molecule has 0 saturated carbocycles. The van der Waals surface area contributed by atoms with Crippen LogP contribution >= 0.6 is 0 Å². The van der Waals surface area contributed by atoms with Gasteiger partial charge in [-0.3, -0.25) is 24.8 Å². The Kier molecular flexibility index (Phi) is 6.12. The van der Waals surface area contributed by atoms with Gasteiger partial charge in [-0.05, 0) is 43.4 Å². The summed E-state index contributed by atoms with van der Waals surface area (Å²) >= 11 is 0. The quantitative estimate of drug-likeness (QED) is 0.761. The van der Waals surface area contributed by atoms with Crippen LogP contribution in [0.3, 0.4) is 0 Å². The Labute approximate surface area is 187 Å². The number of imide groups is 1. The van der Waals surface area contributed by atoms with Crippen LogP contribution in [0.1, 0.15) is 31.7 Å². The number of piperazine rings is 1. The zero-order chi connectivity index (χ0) is 22.1. The van der Waals surface area contributed by atoms with Crippen molar-refractivity contribution < 1.29 is 18.8 Å². The van der Waals surface area contributed by atoms with Gasteiger partial charge in [-0.1, -0.05) is 11.2 Å². The summed E-state index contributed by atoms with van der Waals surface area (Å²) in [5, 5.41) is 7.26. The van der Waals surface area contributed by atoms with Gasteiger partial charge in [-0.2, -0.15) is 0 Å². The average Bonchev–Trinajstić information content (AvgIpc) is 3.19. The molecule has 3 aliphatic heterocycles. The van der Waals surface area contributed by atoms with Gasteiger partial charge in [0, 0.05) is 64.9 Å². The molecule has 0 unspecified atom stereocenters. The lowest BCUT2D eigenvalue weighted by molar-refractivity contribution is -0.120. The summed E-state index contributed by atoms with van der Waals surface area (Å²) in [7, 11) is 0. The molecule has 172 valence electrons. The van der Waals surface area contributed by atoms with E-state index in [-0.39, 0.29) is 12.3 Å². The fraction of sp³-hybridized carbons (Fsp3) is 0.609. The minimum atomic E-state index is -0.448. The predicted octanol–water partition coefficient (Wildman–Crippen LogP) is 2.21. The van der Waals surface area contributed by atoms with Crippen molar-refractivity contribution in [3.05, 3.63) is 23.8 Å². The lowest BCUT2D eigenvalue weighted by Crippen LogP contribution is -2.52. The molecule has 4 heterocycles. The number of amides is 3. The van der Waals surface area contributed by atoms with E-state index in [1.165, 1.54) is 29.8 Å². The zero-order valence-electron chi connectivity index (χ0n) is 18.6. The van der Waals surface area contributed by atoms with E-state index in [9.17, 15) is 9.59 Å². The summed E-state index contributed by atoms with van der Waals surface area (Å²) in [6, 6.07) is 6.12. The van der Waals surface area contributed by atoms with Gasteiger partial charge in [0.15, 0.2) is 11.4 Å². The van der Waals surface area contributed by atoms with Crippen molar-refractivity contribution in [1.82, 2.24) is 20.3 Å². The van der Waals surface area contributed by atoms with Crippen molar-refractivity contribution in [2.24, 2.45) is 5.92 Å². The van der Waals surface area contributed by atoms with Crippen LogP contribution in [0.5, 0.6) is 0 Å². The van der Waals surface area contributed by atoms with Gasteiger partial charge in [-0.15, -0.1) is 0 Å². The van der Waals surface area contributed by atoms with Gasteiger partial charge in [0.1, 0.15) is 0 Å². The first kappa shape index (κ1) is 21.4. The van der Waals surface area contributed by atoms with Gasteiger partial charge in [-0.25, -0.2) is 4.79 Å². The normalized spacial score (nSPS) is 24.3. The first-order valence-corrected chi connectivity index (χ1v) is 11.6. The number of anilines is 1. The second-order valence-electron chi connectivity index (χ2n) is 9.23. The lowest BCUT2D eigenvalue weighted by Gasteiger charge is -2.42. The second-order valence-corrected chi connectivity index (χ2v) is 9.23. The Morgan fingerprint density at radius 1 is 1.16 bits per heavy atom. The molecule has 1 aromatic heterocycles. The molecule has 1 atom stereocenters. The highest BCUT2D eigenvalue weighted by molar-refractivity contribution is 6.08. The van der Waals surface area contributed by atoms with Gasteiger partial charge in [0.2, 0.25) is 5.91 Å². The van der Waals surface area contributed by atoms with Crippen molar-refractivity contribution in [3.63, 3.8) is 0 Å². The van der Waals surface area contributed by atoms with Crippen LogP contribution in [0.2, 0.25) is 0 Å². The Morgan fingerprint density at radius 3 is 2.78 bits per heavy atom. The van der Waals surface area contributed by atoms with Crippen LogP contribution < -0.4 is 10.2 Å². The van der Waals surface area contributed by atoms with Crippen LogP contribution in [0.25, 0.3) is 11.0 Å². The van der Waals surface area contributed by atoms with Gasteiger partial charge < -0.3 is 9.26 Å². The van der Waals surface area contributed by atoms with Crippen molar-refractivity contribution in [1.29, 1.82) is 0 Å². The van der Waals surface area contributed by atoms with E-state index in [4.69, 9.17) is 9.26 Å². The molecule has 9 heteroatoms. The molecule has 0 aliphatic carbocycles. The predicted molar refractivity (Wildman–Crippen MR) is 119 cm³/mol. The minimum absolute atomic E-state index is 0.259. The van der Waals surface area contributed by atoms with Crippen molar-refractivity contribution in [2.45, 2.75) is 38.8 Å². The van der Waals surface area contributed by atoms with Crippen molar-refractivity contribution in [2.75, 3.05) is 50.8 Å². The summed E-state index contributed by atoms with van der Waals surface area (Å²) in [5.74, 6) is 0.973. The molecule has 1 N–H and O–H groups in total. The van der Waals surface area contributed by atoms with Crippen LogP contribution in [-0.2, 0) is 16.1 Å². The molecule has 1 aromatic carbocycles. The maximum atomic E-state index is 12.3. The molecular weight excluding hydrogens is 410 g/mol. The van der Waals surface area contributed by atoms with Gasteiger partial charge in [0.05, 0.1) is 5.39 Å². The monoisotopic (exact) mass is 441 g/mol. The molecule has 32 heavy (non-hydrogen) atoms. The number of urea groups is 1. The fourth-order valence-corrected chi connectivity index (χ4v) is 5.04. The summed E-state index contributed by atoms with van der Waals surface area (Å²) in [6.45, 7) is 9.62. The highest BCUT2D eigenvalue weighted by Gasteiger charge is 2.29. The number of ether oxygens (including phenoxy) is 1. The largest absolute Gasteiger partial charge is 0.381 e. The number of carbonyl (C=O) groups is 2. The van der Waals surface area contributed by atoms with E-state index in [0.29, 0.717) is 24.0 Å². The molecule has 3 fully saturated rings. The zero-order valence-corrected chi connectivity index (χ0v) is 18.6. The minimum Gasteiger partial charge on any atom is -0.381 e.